The zero-order chi connectivity index (χ0) is 25.9. The first kappa shape index (κ1) is 26.2. The molecule has 0 unspecified atom stereocenters. The molecule has 1 aliphatic heterocycles. The molecule has 1 fully saturated rings. The fourth-order valence-electron chi connectivity index (χ4n) is 4.14. The van der Waals surface area contributed by atoms with E-state index in [4.69, 9.17) is 9.72 Å². The van der Waals surface area contributed by atoms with Gasteiger partial charge in [0.2, 0.25) is 5.95 Å². The minimum Gasteiger partial charge on any atom is -0.366 e. The first-order valence-corrected chi connectivity index (χ1v) is 15.8. The molecular weight excluding hydrogens is 488 g/mol. The molecule has 1 saturated heterocycles. The quantitative estimate of drug-likeness (QED) is 0.197. The SMILES string of the molecule is C[Si](C)(C)CCOCn1cc(-c2cccc(C(F)(F)F)c2)nc1N1CCN(c2ccccc2F)CC1. The molecule has 0 aliphatic carbocycles. The van der Waals surface area contributed by atoms with Gasteiger partial charge in [0.15, 0.2) is 0 Å². The highest BCUT2D eigenvalue weighted by Crippen LogP contribution is 2.33. The van der Waals surface area contributed by atoms with Gasteiger partial charge in [-0.15, -0.1) is 0 Å². The van der Waals surface area contributed by atoms with E-state index < -0.39 is 19.8 Å². The number of nitrogens with zero attached hydrogens (tertiary/aromatic N) is 4. The van der Waals surface area contributed by atoms with Gasteiger partial charge in [0, 0.05) is 52.6 Å². The predicted molar refractivity (Wildman–Crippen MR) is 138 cm³/mol. The lowest BCUT2D eigenvalue weighted by Crippen LogP contribution is -2.47. The smallest absolute Gasteiger partial charge is 0.366 e. The lowest BCUT2D eigenvalue weighted by Gasteiger charge is -2.36. The van der Waals surface area contributed by atoms with Crippen LogP contribution in [0.15, 0.2) is 54.7 Å². The molecule has 3 aromatic rings. The van der Waals surface area contributed by atoms with Crippen LogP contribution in [0.2, 0.25) is 25.7 Å². The number of hydrogen-bond donors (Lipinski definition) is 0. The van der Waals surface area contributed by atoms with E-state index >= 15 is 0 Å². The first-order valence-electron chi connectivity index (χ1n) is 12.1. The molecule has 2 heterocycles. The van der Waals surface area contributed by atoms with E-state index in [9.17, 15) is 17.6 Å². The van der Waals surface area contributed by atoms with Crippen molar-refractivity contribution in [3.8, 4) is 11.3 Å². The van der Waals surface area contributed by atoms with Crippen LogP contribution in [-0.4, -0.2) is 50.4 Å². The molecule has 4 rings (SSSR count). The van der Waals surface area contributed by atoms with E-state index in [0.717, 1.165) is 18.2 Å². The van der Waals surface area contributed by atoms with Crippen molar-refractivity contribution >= 4 is 19.7 Å². The maximum atomic E-state index is 14.3. The summed E-state index contributed by atoms with van der Waals surface area (Å²) in [6, 6.07) is 12.9. The summed E-state index contributed by atoms with van der Waals surface area (Å²) in [6.45, 7) is 10.1. The number of piperazine rings is 1. The number of alkyl halides is 3. The van der Waals surface area contributed by atoms with Crippen LogP contribution in [0.5, 0.6) is 0 Å². The van der Waals surface area contributed by atoms with Crippen LogP contribution in [0.1, 0.15) is 5.56 Å². The Labute approximate surface area is 210 Å². The van der Waals surface area contributed by atoms with Gasteiger partial charge in [-0.3, -0.25) is 4.57 Å². The Morgan fingerprint density at radius 3 is 2.31 bits per heavy atom. The molecule has 10 heteroatoms. The molecule has 0 bridgehead atoms. The van der Waals surface area contributed by atoms with Gasteiger partial charge in [-0.1, -0.05) is 43.9 Å². The van der Waals surface area contributed by atoms with Crippen molar-refractivity contribution in [2.24, 2.45) is 0 Å². The zero-order valence-electron chi connectivity index (χ0n) is 20.9. The van der Waals surface area contributed by atoms with Gasteiger partial charge in [-0.05, 0) is 30.3 Å². The Morgan fingerprint density at radius 2 is 1.64 bits per heavy atom. The molecule has 0 N–H and O–H groups in total. The Bertz CT molecular complexity index is 1170. The van der Waals surface area contributed by atoms with Crippen LogP contribution in [0, 0.1) is 5.82 Å². The summed E-state index contributed by atoms with van der Waals surface area (Å²) in [5.41, 5.74) is 0.721. The summed E-state index contributed by atoms with van der Waals surface area (Å²) >= 11 is 0. The molecule has 1 aromatic heterocycles. The lowest BCUT2D eigenvalue weighted by atomic mass is 10.1. The van der Waals surface area contributed by atoms with E-state index in [0.29, 0.717) is 55.7 Å². The van der Waals surface area contributed by atoms with Crippen molar-refractivity contribution in [3.63, 3.8) is 0 Å². The Kier molecular flexibility index (Phi) is 7.75. The predicted octanol–water partition coefficient (Wildman–Crippen LogP) is 6.35. The number of imidazole rings is 1. The molecule has 0 amide bonds. The summed E-state index contributed by atoms with van der Waals surface area (Å²) in [5, 5.41) is 0. The number of halogens is 4. The zero-order valence-corrected chi connectivity index (χ0v) is 21.9. The number of anilines is 2. The van der Waals surface area contributed by atoms with Crippen LogP contribution in [0.25, 0.3) is 11.3 Å². The molecule has 0 atom stereocenters. The van der Waals surface area contributed by atoms with Crippen molar-refractivity contribution in [3.05, 3.63) is 66.1 Å². The average molecular weight is 521 g/mol. The Hall–Kier alpha value is -2.85. The van der Waals surface area contributed by atoms with Gasteiger partial charge in [-0.25, -0.2) is 9.37 Å². The maximum Gasteiger partial charge on any atom is 0.416 e. The fourth-order valence-corrected chi connectivity index (χ4v) is 4.90. The second-order valence-electron chi connectivity index (χ2n) is 10.2. The van der Waals surface area contributed by atoms with E-state index in [2.05, 4.69) is 24.5 Å². The second kappa shape index (κ2) is 10.6. The summed E-state index contributed by atoms with van der Waals surface area (Å²) in [7, 11) is -1.26. The molecule has 2 aromatic carbocycles. The van der Waals surface area contributed by atoms with Gasteiger partial charge in [0.25, 0.3) is 0 Å². The Morgan fingerprint density at radius 1 is 0.944 bits per heavy atom. The van der Waals surface area contributed by atoms with E-state index in [1.54, 1.807) is 24.4 Å². The molecule has 194 valence electrons. The van der Waals surface area contributed by atoms with Gasteiger partial charge in [-0.2, -0.15) is 13.2 Å². The fraction of sp³-hybridized carbons (Fsp3) is 0.423. The second-order valence-corrected chi connectivity index (χ2v) is 15.9. The van der Waals surface area contributed by atoms with Crippen LogP contribution >= 0.6 is 0 Å². The first-order chi connectivity index (χ1) is 17.0. The van der Waals surface area contributed by atoms with Crippen LogP contribution < -0.4 is 9.80 Å². The van der Waals surface area contributed by atoms with Crippen molar-refractivity contribution in [2.45, 2.75) is 38.6 Å². The number of hydrogen-bond acceptors (Lipinski definition) is 4. The Balaban J connectivity index is 1.55. The highest BCUT2D eigenvalue weighted by molar-refractivity contribution is 6.76. The molecule has 36 heavy (non-hydrogen) atoms. The van der Waals surface area contributed by atoms with Gasteiger partial charge < -0.3 is 14.5 Å². The highest BCUT2D eigenvalue weighted by Gasteiger charge is 2.31. The number of para-hydroxylation sites is 1. The summed E-state index contributed by atoms with van der Waals surface area (Å²) in [4.78, 5) is 8.80. The largest absolute Gasteiger partial charge is 0.416 e. The molecule has 0 spiro atoms. The van der Waals surface area contributed by atoms with Gasteiger partial charge >= 0.3 is 6.18 Å². The average Bonchev–Trinajstić information content (AvgIpc) is 3.25. The molecule has 0 radical (unpaired) electrons. The summed E-state index contributed by atoms with van der Waals surface area (Å²) in [6.07, 6.45) is -2.67. The topological polar surface area (TPSA) is 33.5 Å². The monoisotopic (exact) mass is 520 g/mol. The number of ether oxygens (including phenoxy) is 1. The third kappa shape index (κ3) is 6.47. The van der Waals surface area contributed by atoms with Crippen molar-refractivity contribution in [2.75, 3.05) is 42.6 Å². The third-order valence-corrected chi connectivity index (χ3v) is 7.93. The summed E-state index contributed by atoms with van der Waals surface area (Å²) < 4.78 is 61.9. The summed E-state index contributed by atoms with van der Waals surface area (Å²) in [5.74, 6) is 0.388. The van der Waals surface area contributed by atoms with E-state index in [1.165, 1.54) is 12.1 Å². The van der Waals surface area contributed by atoms with Gasteiger partial charge in [0.1, 0.15) is 12.5 Å². The van der Waals surface area contributed by atoms with Crippen molar-refractivity contribution in [1.82, 2.24) is 9.55 Å². The van der Waals surface area contributed by atoms with Crippen LogP contribution in [0.3, 0.4) is 0 Å². The normalized spacial score (nSPS) is 15.0. The van der Waals surface area contributed by atoms with Gasteiger partial charge in [0.05, 0.1) is 16.9 Å². The molecule has 0 saturated carbocycles. The number of benzene rings is 2. The van der Waals surface area contributed by atoms with Crippen LogP contribution in [-0.2, 0) is 17.6 Å². The highest BCUT2D eigenvalue weighted by atomic mass is 28.3. The standard InChI is InChI=1S/C26H32F4N4OSi/c1-36(2,3)16-15-35-19-34-18-23(20-7-6-8-21(17-20)26(28,29)30)31-25(34)33-13-11-32(12-14-33)24-10-5-4-9-22(24)27/h4-10,17-18H,11-16,19H2,1-3H3. The number of aromatic nitrogens is 2. The molecule has 5 nitrogen and oxygen atoms in total. The van der Waals surface area contributed by atoms with E-state index in [1.807, 2.05) is 15.5 Å². The van der Waals surface area contributed by atoms with Crippen molar-refractivity contribution < 1.29 is 22.3 Å². The minimum absolute atomic E-state index is 0.255. The molecular formula is C26H32F4N4OSi. The lowest BCUT2D eigenvalue weighted by molar-refractivity contribution is -0.137. The number of rotatable bonds is 8. The van der Waals surface area contributed by atoms with Crippen LogP contribution in [0.4, 0.5) is 29.2 Å². The maximum absolute atomic E-state index is 14.3. The molecule has 1 aliphatic rings. The minimum atomic E-state index is -4.43. The van der Waals surface area contributed by atoms with E-state index in [-0.39, 0.29) is 12.5 Å². The third-order valence-electron chi connectivity index (χ3n) is 6.22. The van der Waals surface area contributed by atoms with Crippen molar-refractivity contribution in [1.29, 1.82) is 0 Å².